The minimum atomic E-state index is -0.457. The van der Waals surface area contributed by atoms with Crippen molar-refractivity contribution in [2.24, 2.45) is 0 Å². The molecule has 1 atom stereocenters. The number of carbonyl (C=O) groups excluding carboxylic acids is 1. The predicted octanol–water partition coefficient (Wildman–Crippen LogP) is 2.41. The number of nitro groups is 1. The number of nitro benzene ring substituents is 1. The topological polar surface area (TPSA) is 92.5 Å². The molecule has 0 bridgehead atoms. The van der Waals surface area contributed by atoms with Crippen molar-refractivity contribution in [3.05, 3.63) is 38.4 Å². The number of nitrogens with one attached hydrogen (secondary N) is 1. The van der Waals surface area contributed by atoms with E-state index < -0.39 is 11.0 Å². The largest absolute Gasteiger partial charge is 0.393 e. The molecule has 0 radical (unpaired) electrons. The van der Waals surface area contributed by atoms with Crippen LogP contribution in [-0.4, -0.2) is 28.6 Å². The Morgan fingerprint density at radius 3 is 2.52 bits per heavy atom. The Labute approximate surface area is 124 Å². The molecule has 1 aromatic rings. The summed E-state index contributed by atoms with van der Waals surface area (Å²) in [6.07, 6.45) is 0.651. The molecule has 0 saturated carbocycles. The van der Waals surface area contributed by atoms with E-state index in [4.69, 9.17) is 0 Å². The van der Waals surface area contributed by atoms with Crippen LogP contribution in [0.2, 0.25) is 0 Å². The lowest BCUT2D eigenvalue weighted by atomic mass is 9.96. The van der Waals surface area contributed by atoms with Gasteiger partial charge in [-0.25, -0.2) is 0 Å². The first-order valence-corrected chi connectivity index (χ1v) is 7.01. The third kappa shape index (κ3) is 4.01. The Hall–Kier alpha value is -1.95. The van der Waals surface area contributed by atoms with Crippen molar-refractivity contribution < 1.29 is 14.8 Å². The first-order chi connectivity index (χ1) is 9.79. The number of hydrogen-bond donors (Lipinski definition) is 2. The van der Waals surface area contributed by atoms with E-state index in [9.17, 15) is 20.0 Å². The van der Waals surface area contributed by atoms with Crippen LogP contribution in [0.3, 0.4) is 0 Å². The SMILES string of the molecule is CCC(O)CCNC(=O)c1c(C)cc(C)c([N+](=O)[O-])c1C. The fraction of sp³-hybridized carbons (Fsp3) is 0.533. The number of nitrogens with zero attached hydrogens (tertiary/aromatic N) is 1. The van der Waals surface area contributed by atoms with E-state index in [2.05, 4.69) is 5.32 Å². The lowest BCUT2D eigenvalue weighted by Gasteiger charge is -2.13. The predicted molar refractivity (Wildman–Crippen MR) is 80.6 cm³/mol. The van der Waals surface area contributed by atoms with Gasteiger partial charge in [-0.3, -0.25) is 14.9 Å². The standard InChI is InChI=1S/C15H22N2O4/c1-5-12(18)6-7-16-15(19)13-9(2)8-10(3)14(11(13)4)17(20)21/h8,12,18H,5-7H2,1-4H3,(H,16,19). The maximum absolute atomic E-state index is 12.2. The highest BCUT2D eigenvalue weighted by Gasteiger charge is 2.23. The van der Waals surface area contributed by atoms with Crippen LogP contribution in [0.25, 0.3) is 0 Å². The van der Waals surface area contributed by atoms with Gasteiger partial charge in [-0.1, -0.05) is 6.92 Å². The van der Waals surface area contributed by atoms with Gasteiger partial charge >= 0.3 is 0 Å². The summed E-state index contributed by atoms with van der Waals surface area (Å²) in [7, 11) is 0. The van der Waals surface area contributed by atoms with E-state index in [1.165, 1.54) is 0 Å². The van der Waals surface area contributed by atoms with Gasteiger partial charge in [-0.15, -0.1) is 0 Å². The summed E-state index contributed by atoms with van der Waals surface area (Å²) in [6, 6.07) is 1.65. The fourth-order valence-electron chi connectivity index (χ4n) is 2.45. The molecule has 6 heteroatoms. The second kappa shape index (κ2) is 7.17. The molecule has 0 aliphatic rings. The van der Waals surface area contributed by atoms with Gasteiger partial charge in [-0.2, -0.15) is 0 Å². The van der Waals surface area contributed by atoms with Crippen LogP contribution in [0.5, 0.6) is 0 Å². The molecular weight excluding hydrogens is 272 g/mol. The number of aliphatic hydroxyl groups is 1. The molecule has 0 saturated heterocycles. The van der Waals surface area contributed by atoms with Crippen LogP contribution in [0.15, 0.2) is 6.07 Å². The van der Waals surface area contributed by atoms with Gasteiger partial charge in [0.2, 0.25) is 0 Å². The molecule has 0 fully saturated rings. The number of amides is 1. The maximum atomic E-state index is 12.2. The quantitative estimate of drug-likeness (QED) is 0.622. The maximum Gasteiger partial charge on any atom is 0.275 e. The molecule has 0 heterocycles. The monoisotopic (exact) mass is 294 g/mol. The molecule has 0 aliphatic carbocycles. The lowest BCUT2D eigenvalue weighted by Crippen LogP contribution is -2.28. The van der Waals surface area contributed by atoms with Gasteiger partial charge in [0.25, 0.3) is 11.6 Å². The molecule has 1 rings (SSSR count). The van der Waals surface area contributed by atoms with Gasteiger partial charge in [0.05, 0.1) is 16.6 Å². The minimum Gasteiger partial charge on any atom is -0.393 e. The molecule has 1 unspecified atom stereocenters. The third-order valence-corrected chi connectivity index (χ3v) is 3.58. The smallest absolute Gasteiger partial charge is 0.275 e. The average molecular weight is 294 g/mol. The molecular formula is C15H22N2O4. The second-order valence-corrected chi connectivity index (χ2v) is 5.22. The molecule has 0 aliphatic heterocycles. The fourth-order valence-corrected chi connectivity index (χ4v) is 2.45. The van der Waals surface area contributed by atoms with E-state index in [-0.39, 0.29) is 11.6 Å². The van der Waals surface area contributed by atoms with Crippen LogP contribution >= 0.6 is 0 Å². The van der Waals surface area contributed by atoms with Gasteiger partial charge in [0.1, 0.15) is 0 Å². The molecule has 2 N–H and O–H groups in total. The second-order valence-electron chi connectivity index (χ2n) is 5.22. The normalized spacial score (nSPS) is 12.0. The zero-order valence-electron chi connectivity index (χ0n) is 12.9. The van der Waals surface area contributed by atoms with Gasteiger partial charge in [-0.05, 0) is 45.2 Å². The van der Waals surface area contributed by atoms with E-state index in [1.54, 1.807) is 26.8 Å². The highest BCUT2D eigenvalue weighted by Crippen LogP contribution is 2.28. The van der Waals surface area contributed by atoms with Crippen LogP contribution in [0.1, 0.15) is 46.8 Å². The summed E-state index contributed by atoms with van der Waals surface area (Å²) in [5.41, 5.74) is 1.97. The summed E-state index contributed by atoms with van der Waals surface area (Å²) in [5.74, 6) is -0.337. The third-order valence-electron chi connectivity index (χ3n) is 3.58. The van der Waals surface area contributed by atoms with Crippen molar-refractivity contribution in [2.45, 2.75) is 46.6 Å². The van der Waals surface area contributed by atoms with Gasteiger partial charge in [0.15, 0.2) is 0 Å². The number of aryl methyl sites for hydroxylation is 2. The van der Waals surface area contributed by atoms with Crippen LogP contribution in [-0.2, 0) is 0 Å². The number of benzene rings is 1. The summed E-state index contributed by atoms with van der Waals surface area (Å²) in [4.78, 5) is 22.9. The van der Waals surface area contributed by atoms with Crippen LogP contribution < -0.4 is 5.32 Å². The van der Waals surface area contributed by atoms with Crippen molar-refractivity contribution in [3.8, 4) is 0 Å². The Kier molecular flexibility index (Phi) is 5.84. The van der Waals surface area contributed by atoms with E-state index >= 15 is 0 Å². The van der Waals surface area contributed by atoms with Crippen molar-refractivity contribution in [3.63, 3.8) is 0 Å². The summed E-state index contributed by atoms with van der Waals surface area (Å²) in [5, 5.41) is 23.3. The van der Waals surface area contributed by atoms with Crippen LogP contribution in [0.4, 0.5) is 5.69 Å². The summed E-state index contributed by atoms with van der Waals surface area (Å²) in [6.45, 7) is 7.23. The van der Waals surface area contributed by atoms with Crippen LogP contribution in [0, 0.1) is 30.9 Å². The first kappa shape index (κ1) is 17.1. The summed E-state index contributed by atoms with van der Waals surface area (Å²) >= 11 is 0. The number of carbonyl (C=O) groups is 1. The van der Waals surface area contributed by atoms with E-state index in [0.717, 1.165) is 0 Å². The minimum absolute atomic E-state index is 0.0145. The Morgan fingerprint density at radius 1 is 1.38 bits per heavy atom. The van der Waals surface area contributed by atoms with Crippen molar-refractivity contribution in [1.29, 1.82) is 0 Å². The van der Waals surface area contributed by atoms with E-state index in [0.29, 0.717) is 41.6 Å². The molecule has 1 amide bonds. The zero-order valence-corrected chi connectivity index (χ0v) is 12.9. The number of hydrogen-bond acceptors (Lipinski definition) is 4. The first-order valence-electron chi connectivity index (χ1n) is 7.01. The van der Waals surface area contributed by atoms with Gasteiger partial charge in [0, 0.05) is 17.7 Å². The Morgan fingerprint density at radius 2 is 2.00 bits per heavy atom. The number of aliphatic hydroxyl groups excluding tert-OH is 1. The van der Waals surface area contributed by atoms with Crippen molar-refractivity contribution in [1.82, 2.24) is 5.32 Å². The molecule has 0 aromatic heterocycles. The zero-order chi connectivity index (χ0) is 16.2. The molecule has 21 heavy (non-hydrogen) atoms. The Balaban J connectivity index is 2.99. The molecule has 1 aromatic carbocycles. The van der Waals surface area contributed by atoms with Gasteiger partial charge < -0.3 is 10.4 Å². The summed E-state index contributed by atoms with van der Waals surface area (Å²) < 4.78 is 0. The molecule has 6 nitrogen and oxygen atoms in total. The molecule has 0 spiro atoms. The highest BCUT2D eigenvalue weighted by molar-refractivity contribution is 5.98. The van der Waals surface area contributed by atoms with E-state index in [1.807, 2.05) is 6.92 Å². The van der Waals surface area contributed by atoms with Crippen molar-refractivity contribution in [2.75, 3.05) is 6.54 Å². The number of rotatable bonds is 6. The Bertz CT molecular complexity index is 555. The average Bonchev–Trinajstić information content (AvgIpc) is 2.37. The van der Waals surface area contributed by atoms with Crippen molar-refractivity contribution >= 4 is 11.6 Å². The lowest BCUT2D eigenvalue weighted by molar-refractivity contribution is -0.386. The highest BCUT2D eigenvalue weighted by atomic mass is 16.6. The molecule has 116 valence electrons.